The fourth-order valence-corrected chi connectivity index (χ4v) is 4.96. The van der Waals surface area contributed by atoms with Gasteiger partial charge in [-0.25, -0.2) is 13.4 Å². The SMILES string of the molecule is Cc1oc(-c2ccccc2)nc1CC(=O)Nc1ccc(S(=O)(=O)N2CCCC2)cc1. The molecule has 8 heteroatoms. The second-order valence-corrected chi connectivity index (χ2v) is 9.19. The Kier molecular flexibility index (Phi) is 5.69. The van der Waals surface area contributed by atoms with Gasteiger partial charge >= 0.3 is 0 Å². The number of rotatable bonds is 6. The van der Waals surface area contributed by atoms with Gasteiger partial charge in [-0.2, -0.15) is 4.31 Å². The second kappa shape index (κ2) is 8.41. The minimum Gasteiger partial charge on any atom is -0.441 e. The quantitative estimate of drug-likeness (QED) is 0.651. The van der Waals surface area contributed by atoms with Gasteiger partial charge in [-0.3, -0.25) is 4.79 Å². The van der Waals surface area contributed by atoms with E-state index in [9.17, 15) is 13.2 Å². The molecule has 0 bridgehead atoms. The number of amides is 1. The van der Waals surface area contributed by atoms with Crippen molar-refractivity contribution in [2.75, 3.05) is 18.4 Å². The van der Waals surface area contributed by atoms with Crippen molar-refractivity contribution in [1.82, 2.24) is 9.29 Å². The van der Waals surface area contributed by atoms with Crippen molar-refractivity contribution >= 4 is 21.6 Å². The number of carbonyl (C=O) groups is 1. The molecule has 0 aliphatic carbocycles. The van der Waals surface area contributed by atoms with Crippen LogP contribution in [0, 0.1) is 6.92 Å². The van der Waals surface area contributed by atoms with Gasteiger partial charge in [0, 0.05) is 24.3 Å². The van der Waals surface area contributed by atoms with Crippen LogP contribution in [-0.2, 0) is 21.2 Å². The third-order valence-corrected chi connectivity index (χ3v) is 7.00. The number of carbonyl (C=O) groups excluding carboxylic acids is 1. The molecule has 2 aromatic carbocycles. The number of hydrogen-bond acceptors (Lipinski definition) is 5. The van der Waals surface area contributed by atoms with E-state index in [0.717, 1.165) is 18.4 Å². The summed E-state index contributed by atoms with van der Waals surface area (Å²) in [5, 5.41) is 2.79. The van der Waals surface area contributed by atoms with E-state index >= 15 is 0 Å². The van der Waals surface area contributed by atoms with Gasteiger partial charge < -0.3 is 9.73 Å². The molecule has 0 spiro atoms. The first-order chi connectivity index (χ1) is 14.4. The Balaban J connectivity index is 1.42. The molecule has 1 fully saturated rings. The van der Waals surface area contributed by atoms with Crippen molar-refractivity contribution < 1.29 is 17.6 Å². The highest BCUT2D eigenvalue weighted by Gasteiger charge is 2.27. The van der Waals surface area contributed by atoms with E-state index in [1.54, 1.807) is 19.1 Å². The van der Waals surface area contributed by atoms with Crippen LogP contribution in [-0.4, -0.2) is 36.7 Å². The van der Waals surface area contributed by atoms with E-state index in [-0.39, 0.29) is 17.2 Å². The van der Waals surface area contributed by atoms with E-state index in [0.29, 0.717) is 36.1 Å². The molecule has 1 aliphatic rings. The molecule has 0 saturated carbocycles. The lowest BCUT2D eigenvalue weighted by Crippen LogP contribution is -2.27. The Morgan fingerprint density at radius 3 is 2.40 bits per heavy atom. The van der Waals surface area contributed by atoms with E-state index in [4.69, 9.17) is 4.42 Å². The lowest BCUT2D eigenvalue weighted by atomic mass is 10.2. The predicted molar refractivity (Wildman–Crippen MR) is 113 cm³/mol. The number of oxazole rings is 1. The van der Waals surface area contributed by atoms with Crippen molar-refractivity contribution in [3.63, 3.8) is 0 Å². The van der Waals surface area contributed by atoms with Gasteiger partial charge in [0.25, 0.3) is 0 Å². The highest BCUT2D eigenvalue weighted by molar-refractivity contribution is 7.89. The normalized spacial score (nSPS) is 14.7. The van der Waals surface area contributed by atoms with Crippen molar-refractivity contribution in [2.24, 2.45) is 0 Å². The standard InChI is InChI=1S/C22H23N3O4S/c1-16-20(24-22(29-16)17-7-3-2-4-8-17)15-21(26)23-18-9-11-19(12-10-18)30(27,28)25-13-5-6-14-25/h2-4,7-12H,5-6,13-15H2,1H3,(H,23,26). The monoisotopic (exact) mass is 425 g/mol. The molecule has 4 rings (SSSR count). The summed E-state index contributed by atoms with van der Waals surface area (Å²) < 4.78 is 32.4. The first-order valence-electron chi connectivity index (χ1n) is 9.85. The molecule has 156 valence electrons. The van der Waals surface area contributed by atoms with E-state index < -0.39 is 10.0 Å². The van der Waals surface area contributed by atoms with Crippen LogP contribution in [0.4, 0.5) is 5.69 Å². The van der Waals surface area contributed by atoms with Crippen LogP contribution in [0.5, 0.6) is 0 Å². The Morgan fingerprint density at radius 2 is 1.73 bits per heavy atom. The van der Waals surface area contributed by atoms with Crippen LogP contribution in [0.2, 0.25) is 0 Å². The summed E-state index contributed by atoms with van der Waals surface area (Å²) >= 11 is 0. The Bertz CT molecular complexity index is 1130. The topological polar surface area (TPSA) is 92.5 Å². The number of benzene rings is 2. The second-order valence-electron chi connectivity index (χ2n) is 7.25. The molecule has 1 amide bonds. The molecular formula is C22H23N3O4S. The van der Waals surface area contributed by atoms with Gasteiger partial charge in [0.1, 0.15) is 5.76 Å². The third-order valence-electron chi connectivity index (χ3n) is 5.08. The molecule has 0 atom stereocenters. The average Bonchev–Trinajstić information content (AvgIpc) is 3.40. The largest absolute Gasteiger partial charge is 0.441 e. The zero-order chi connectivity index (χ0) is 21.1. The summed E-state index contributed by atoms with van der Waals surface area (Å²) in [5.74, 6) is 0.824. The molecule has 2 heterocycles. The maximum absolute atomic E-state index is 12.6. The lowest BCUT2D eigenvalue weighted by molar-refractivity contribution is -0.115. The van der Waals surface area contributed by atoms with Crippen molar-refractivity contribution in [1.29, 1.82) is 0 Å². The zero-order valence-corrected chi connectivity index (χ0v) is 17.5. The molecule has 7 nitrogen and oxygen atoms in total. The summed E-state index contributed by atoms with van der Waals surface area (Å²) in [5.41, 5.74) is 1.95. The highest BCUT2D eigenvalue weighted by Crippen LogP contribution is 2.23. The van der Waals surface area contributed by atoms with Crippen LogP contribution >= 0.6 is 0 Å². The van der Waals surface area contributed by atoms with Crippen molar-refractivity contribution in [3.05, 3.63) is 66.1 Å². The van der Waals surface area contributed by atoms with Crippen LogP contribution in [0.15, 0.2) is 63.9 Å². The minimum absolute atomic E-state index is 0.0655. The van der Waals surface area contributed by atoms with Gasteiger partial charge in [-0.1, -0.05) is 18.2 Å². The third kappa shape index (κ3) is 4.29. The summed E-state index contributed by atoms with van der Waals surface area (Å²) in [7, 11) is -3.46. The van der Waals surface area contributed by atoms with Gasteiger partial charge in [0.2, 0.25) is 21.8 Å². The number of aromatic nitrogens is 1. The minimum atomic E-state index is -3.46. The maximum Gasteiger partial charge on any atom is 0.243 e. The van der Waals surface area contributed by atoms with Crippen molar-refractivity contribution in [2.45, 2.75) is 31.1 Å². The molecule has 30 heavy (non-hydrogen) atoms. The maximum atomic E-state index is 12.6. The summed E-state index contributed by atoms with van der Waals surface area (Å²) in [6.45, 7) is 2.89. The van der Waals surface area contributed by atoms with E-state index in [1.807, 2.05) is 30.3 Å². The number of aryl methyl sites for hydroxylation is 1. The number of nitrogens with one attached hydrogen (secondary N) is 1. The molecular weight excluding hydrogens is 402 g/mol. The molecule has 1 aliphatic heterocycles. The summed E-state index contributed by atoms with van der Waals surface area (Å²) in [6, 6.07) is 15.8. The molecule has 0 unspecified atom stereocenters. The Labute approximate surface area is 175 Å². The van der Waals surface area contributed by atoms with Crippen molar-refractivity contribution in [3.8, 4) is 11.5 Å². The predicted octanol–water partition coefficient (Wildman–Crippen LogP) is 3.62. The number of sulfonamides is 1. The van der Waals surface area contributed by atoms with Crippen LogP contribution in [0.25, 0.3) is 11.5 Å². The summed E-state index contributed by atoms with van der Waals surface area (Å²) in [6.07, 6.45) is 1.84. The van der Waals surface area contributed by atoms with Crippen LogP contribution in [0.1, 0.15) is 24.3 Å². The Morgan fingerprint density at radius 1 is 1.07 bits per heavy atom. The molecule has 3 aromatic rings. The fourth-order valence-electron chi connectivity index (χ4n) is 3.44. The number of nitrogens with zero attached hydrogens (tertiary/aromatic N) is 2. The number of hydrogen-bond donors (Lipinski definition) is 1. The molecule has 1 N–H and O–H groups in total. The average molecular weight is 426 g/mol. The van der Waals surface area contributed by atoms with Gasteiger partial charge in [-0.15, -0.1) is 0 Å². The molecule has 1 aromatic heterocycles. The van der Waals surface area contributed by atoms with Gasteiger partial charge in [0.05, 0.1) is 17.0 Å². The van der Waals surface area contributed by atoms with Crippen LogP contribution in [0.3, 0.4) is 0 Å². The van der Waals surface area contributed by atoms with E-state index in [1.165, 1.54) is 16.4 Å². The van der Waals surface area contributed by atoms with E-state index in [2.05, 4.69) is 10.3 Å². The summed E-state index contributed by atoms with van der Waals surface area (Å²) in [4.78, 5) is 17.1. The first-order valence-corrected chi connectivity index (χ1v) is 11.3. The van der Waals surface area contributed by atoms with Gasteiger partial charge in [0.15, 0.2) is 0 Å². The van der Waals surface area contributed by atoms with Crippen LogP contribution < -0.4 is 5.32 Å². The van der Waals surface area contributed by atoms with Gasteiger partial charge in [-0.05, 0) is 56.2 Å². The zero-order valence-electron chi connectivity index (χ0n) is 16.7. The molecule has 1 saturated heterocycles. The Hall–Kier alpha value is -2.97. The fraction of sp³-hybridized carbons (Fsp3) is 0.273. The number of anilines is 1. The molecule has 0 radical (unpaired) electrons. The first kappa shape index (κ1) is 20.3. The lowest BCUT2D eigenvalue weighted by Gasteiger charge is -2.15. The highest BCUT2D eigenvalue weighted by atomic mass is 32.2. The smallest absolute Gasteiger partial charge is 0.243 e.